The second-order valence-electron chi connectivity index (χ2n) is 16.0. The van der Waals surface area contributed by atoms with Gasteiger partial charge in [-0.05, 0) is 139 Å². The zero-order valence-electron chi connectivity index (χ0n) is 26.2. The first-order valence-electron chi connectivity index (χ1n) is 16.1. The molecule has 3 nitrogen and oxygen atoms in total. The average molecular weight is 544 g/mol. The minimum absolute atomic E-state index is 0.0198. The summed E-state index contributed by atoms with van der Waals surface area (Å²) in [5.41, 5.74) is 13.0. The van der Waals surface area contributed by atoms with Gasteiger partial charge in [0, 0.05) is 5.54 Å². The molecule has 2 N–H and O–H groups in total. The SMILES string of the molecule is C=C(C)[C@@H]1CCC2(N)CC[C@]3(C)[C@H](CC[C@@H]4C5(C)CC=C(c6ccc(C(=O)OC)cc6)C(C)(C)[C@@H]5CC[C@]43C)[C@@H]12. The number of methoxy groups -OCH3 is 1. The quantitative estimate of drug-likeness (QED) is 0.306. The highest BCUT2D eigenvalue weighted by molar-refractivity contribution is 5.89. The van der Waals surface area contributed by atoms with E-state index in [1.165, 1.54) is 75.2 Å². The van der Waals surface area contributed by atoms with E-state index in [0.717, 1.165) is 12.3 Å². The third kappa shape index (κ3) is 3.61. The van der Waals surface area contributed by atoms with Crippen LogP contribution in [0.1, 0.15) is 115 Å². The predicted octanol–water partition coefficient (Wildman–Crippen LogP) is 8.84. The van der Waals surface area contributed by atoms with Crippen molar-refractivity contribution in [3.05, 3.63) is 53.6 Å². The van der Waals surface area contributed by atoms with Gasteiger partial charge >= 0.3 is 5.97 Å². The fourth-order valence-corrected chi connectivity index (χ4v) is 12.2. The van der Waals surface area contributed by atoms with E-state index in [1.54, 1.807) is 0 Å². The second kappa shape index (κ2) is 9.06. The molecule has 4 fully saturated rings. The summed E-state index contributed by atoms with van der Waals surface area (Å²) in [6.07, 6.45) is 13.9. The van der Waals surface area contributed by atoms with Gasteiger partial charge in [0.1, 0.15) is 0 Å². The second-order valence-corrected chi connectivity index (χ2v) is 16.0. The Morgan fingerprint density at radius 2 is 1.60 bits per heavy atom. The number of carbonyl (C=O) groups excluding carboxylic acids is 1. The van der Waals surface area contributed by atoms with E-state index in [4.69, 9.17) is 10.5 Å². The van der Waals surface area contributed by atoms with Gasteiger partial charge in [-0.2, -0.15) is 0 Å². The molecule has 2 unspecified atom stereocenters. The predicted molar refractivity (Wildman–Crippen MR) is 165 cm³/mol. The number of carbonyl (C=O) groups is 1. The average Bonchev–Trinajstić information content (AvgIpc) is 3.26. The number of allylic oxidation sites excluding steroid dienone is 3. The summed E-state index contributed by atoms with van der Waals surface area (Å²) in [5.74, 6) is 3.03. The molecule has 0 aliphatic heterocycles. The molecule has 0 saturated heterocycles. The smallest absolute Gasteiger partial charge is 0.337 e. The van der Waals surface area contributed by atoms with Crippen LogP contribution >= 0.6 is 0 Å². The number of hydrogen-bond donors (Lipinski definition) is 1. The maximum absolute atomic E-state index is 12.0. The molecule has 0 heterocycles. The van der Waals surface area contributed by atoms with Crippen molar-refractivity contribution in [2.24, 2.45) is 57.0 Å². The topological polar surface area (TPSA) is 52.3 Å². The maximum atomic E-state index is 12.0. The molecule has 4 saturated carbocycles. The van der Waals surface area contributed by atoms with Crippen molar-refractivity contribution in [1.29, 1.82) is 0 Å². The lowest BCUT2D eigenvalue weighted by Crippen LogP contribution is -2.67. The first-order chi connectivity index (χ1) is 18.7. The maximum Gasteiger partial charge on any atom is 0.337 e. The number of benzene rings is 1. The summed E-state index contributed by atoms with van der Waals surface area (Å²) in [7, 11) is 1.45. The number of ether oxygens (including phenoxy) is 1. The monoisotopic (exact) mass is 543 g/mol. The number of hydrogen-bond acceptors (Lipinski definition) is 3. The molecular formula is C37H53NO2. The minimum Gasteiger partial charge on any atom is -0.465 e. The van der Waals surface area contributed by atoms with Crippen LogP contribution < -0.4 is 5.73 Å². The Morgan fingerprint density at radius 1 is 0.900 bits per heavy atom. The molecule has 6 rings (SSSR count). The van der Waals surface area contributed by atoms with Gasteiger partial charge in [-0.25, -0.2) is 4.79 Å². The Balaban J connectivity index is 1.34. The fourth-order valence-electron chi connectivity index (χ4n) is 12.2. The van der Waals surface area contributed by atoms with E-state index in [1.807, 2.05) is 12.1 Å². The normalized spacial score (nSPS) is 45.3. The fraction of sp³-hybridized carbons (Fsp3) is 0.703. The van der Waals surface area contributed by atoms with Crippen LogP contribution in [-0.2, 0) is 4.74 Å². The first kappa shape index (κ1) is 28.3. The highest BCUT2D eigenvalue weighted by Gasteiger charge is 2.70. The molecule has 0 radical (unpaired) electrons. The van der Waals surface area contributed by atoms with Crippen molar-refractivity contribution >= 4 is 11.5 Å². The van der Waals surface area contributed by atoms with Crippen molar-refractivity contribution in [3.8, 4) is 0 Å². The van der Waals surface area contributed by atoms with Crippen molar-refractivity contribution in [2.75, 3.05) is 7.11 Å². The van der Waals surface area contributed by atoms with E-state index in [2.05, 4.69) is 66.3 Å². The zero-order valence-corrected chi connectivity index (χ0v) is 26.2. The molecule has 5 aliphatic carbocycles. The summed E-state index contributed by atoms with van der Waals surface area (Å²) in [6.45, 7) is 19.8. The molecule has 5 aliphatic rings. The largest absolute Gasteiger partial charge is 0.465 e. The molecule has 9 atom stereocenters. The number of rotatable bonds is 3. The highest BCUT2D eigenvalue weighted by atomic mass is 16.5. The van der Waals surface area contributed by atoms with Crippen LogP contribution in [0.25, 0.3) is 5.57 Å². The van der Waals surface area contributed by atoms with E-state index >= 15 is 0 Å². The van der Waals surface area contributed by atoms with Gasteiger partial charge in [0.15, 0.2) is 0 Å². The van der Waals surface area contributed by atoms with Gasteiger partial charge in [0.25, 0.3) is 0 Å². The van der Waals surface area contributed by atoms with Crippen molar-refractivity contribution in [1.82, 2.24) is 0 Å². The Kier molecular flexibility index (Phi) is 6.40. The Labute approximate surface area is 243 Å². The van der Waals surface area contributed by atoms with Crippen LogP contribution in [0.15, 0.2) is 42.5 Å². The van der Waals surface area contributed by atoms with Crippen LogP contribution in [0.2, 0.25) is 0 Å². The van der Waals surface area contributed by atoms with Crippen LogP contribution in [0.3, 0.4) is 0 Å². The summed E-state index contributed by atoms with van der Waals surface area (Å²) in [4.78, 5) is 12.0. The van der Waals surface area contributed by atoms with Crippen LogP contribution in [0, 0.1) is 51.2 Å². The highest BCUT2D eigenvalue weighted by Crippen LogP contribution is 2.76. The molecule has 218 valence electrons. The Hall–Kier alpha value is -1.87. The molecule has 40 heavy (non-hydrogen) atoms. The van der Waals surface area contributed by atoms with Crippen LogP contribution in [0.5, 0.6) is 0 Å². The first-order valence-corrected chi connectivity index (χ1v) is 16.1. The van der Waals surface area contributed by atoms with Crippen LogP contribution in [-0.4, -0.2) is 18.6 Å². The van der Waals surface area contributed by atoms with E-state index in [0.29, 0.717) is 45.5 Å². The van der Waals surface area contributed by atoms with Gasteiger partial charge < -0.3 is 10.5 Å². The van der Waals surface area contributed by atoms with Gasteiger partial charge in [0.05, 0.1) is 12.7 Å². The van der Waals surface area contributed by atoms with Crippen molar-refractivity contribution < 1.29 is 9.53 Å². The van der Waals surface area contributed by atoms with Gasteiger partial charge in [-0.3, -0.25) is 0 Å². The Morgan fingerprint density at radius 3 is 2.25 bits per heavy atom. The molecule has 0 bridgehead atoms. The lowest BCUT2D eigenvalue weighted by atomic mass is 9.33. The molecule has 1 aromatic rings. The molecular weight excluding hydrogens is 490 g/mol. The molecule has 1 aromatic carbocycles. The lowest BCUT2D eigenvalue weighted by Gasteiger charge is -2.72. The standard InChI is InChI=1S/C37H53NO2/c1-23(2)26-15-20-37(38)22-21-35(6)28(31(26)37)13-14-30-34(5)18-16-27(24-9-11-25(12-10-24)32(39)40-8)33(3,4)29(34)17-19-36(30,35)7/h9-12,16,26,28-31H,1,13-15,17-22,38H2,2-8H3/t26-,28+,29-,30+,31+,34?,35+,36+,37?/m0/s1. The van der Waals surface area contributed by atoms with Crippen molar-refractivity contribution in [2.45, 2.75) is 105 Å². The molecule has 0 aromatic heterocycles. The number of esters is 1. The zero-order chi connectivity index (χ0) is 28.9. The molecule has 0 amide bonds. The third-order valence-corrected chi connectivity index (χ3v) is 14.3. The molecule has 0 spiro atoms. The summed E-state index contributed by atoms with van der Waals surface area (Å²) in [5, 5.41) is 0. The summed E-state index contributed by atoms with van der Waals surface area (Å²) < 4.78 is 4.93. The van der Waals surface area contributed by atoms with E-state index in [9.17, 15) is 4.79 Å². The van der Waals surface area contributed by atoms with Crippen LogP contribution in [0.4, 0.5) is 0 Å². The van der Waals surface area contributed by atoms with Gasteiger partial charge in [-0.1, -0.05) is 65.0 Å². The Bertz CT molecular complexity index is 1240. The summed E-state index contributed by atoms with van der Waals surface area (Å²) >= 11 is 0. The minimum atomic E-state index is -0.270. The van der Waals surface area contributed by atoms with Crippen molar-refractivity contribution in [3.63, 3.8) is 0 Å². The lowest BCUT2D eigenvalue weighted by molar-refractivity contribution is -0.217. The third-order valence-electron chi connectivity index (χ3n) is 14.3. The van der Waals surface area contributed by atoms with Gasteiger partial charge in [0.2, 0.25) is 0 Å². The van der Waals surface area contributed by atoms with E-state index < -0.39 is 0 Å². The number of fused-ring (bicyclic) bond motifs is 7. The summed E-state index contributed by atoms with van der Waals surface area (Å²) in [6, 6.07) is 8.10. The number of nitrogens with two attached hydrogens (primary N) is 1. The van der Waals surface area contributed by atoms with E-state index in [-0.39, 0.29) is 16.9 Å². The molecule has 3 heteroatoms. The van der Waals surface area contributed by atoms with Gasteiger partial charge in [-0.15, -0.1) is 0 Å².